The molecule has 0 aliphatic heterocycles. The number of carbonyl (C=O) groups is 2. The molecule has 0 fully saturated rings. The van der Waals surface area contributed by atoms with Crippen LogP contribution in [-0.4, -0.2) is 45.7 Å². The zero-order valence-electron chi connectivity index (χ0n) is 12.2. The Hall–Kier alpha value is -2.11. The lowest BCUT2D eigenvalue weighted by atomic mass is 10.1. The maximum Gasteiger partial charge on any atom is 0.410 e. The van der Waals surface area contributed by atoms with Crippen molar-refractivity contribution in [3.8, 4) is 0 Å². The fraction of sp³-hybridized carbons (Fsp3) is 0.500. The molecule has 1 aromatic rings. The number of amides is 1. The number of aliphatic carboxylic acids is 1. The number of pyridine rings is 1. The van der Waals surface area contributed by atoms with Gasteiger partial charge in [-0.1, -0.05) is 6.07 Å². The highest BCUT2D eigenvalue weighted by Crippen LogP contribution is 2.13. The zero-order valence-corrected chi connectivity index (χ0v) is 12.2. The third-order valence-electron chi connectivity index (χ3n) is 2.59. The van der Waals surface area contributed by atoms with Crippen LogP contribution >= 0.6 is 0 Å². The molecule has 0 aliphatic rings. The topological polar surface area (TPSA) is 79.7 Å². The van der Waals surface area contributed by atoms with Crippen LogP contribution in [0.1, 0.15) is 26.3 Å². The van der Waals surface area contributed by atoms with E-state index in [1.807, 2.05) is 0 Å². The lowest BCUT2D eigenvalue weighted by molar-refractivity contribution is -0.142. The van der Waals surface area contributed by atoms with Crippen molar-refractivity contribution in [2.24, 2.45) is 0 Å². The van der Waals surface area contributed by atoms with Crippen LogP contribution in [0.15, 0.2) is 24.5 Å². The van der Waals surface area contributed by atoms with E-state index < -0.39 is 23.7 Å². The summed E-state index contributed by atoms with van der Waals surface area (Å²) in [4.78, 5) is 28.3. The molecule has 0 aliphatic carbocycles. The Morgan fingerprint density at radius 1 is 1.45 bits per heavy atom. The van der Waals surface area contributed by atoms with Gasteiger partial charge in [-0.15, -0.1) is 0 Å². The molecule has 0 bridgehead atoms. The normalized spacial score (nSPS) is 12.6. The van der Waals surface area contributed by atoms with Crippen LogP contribution in [0.2, 0.25) is 0 Å². The molecule has 0 spiro atoms. The third kappa shape index (κ3) is 4.87. The summed E-state index contributed by atoms with van der Waals surface area (Å²) >= 11 is 0. The Morgan fingerprint density at radius 2 is 2.10 bits per heavy atom. The quantitative estimate of drug-likeness (QED) is 0.911. The maximum atomic E-state index is 11.9. The molecule has 1 aromatic heterocycles. The van der Waals surface area contributed by atoms with Crippen molar-refractivity contribution in [3.05, 3.63) is 30.1 Å². The first-order chi connectivity index (χ1) is 9.20. The van der Waals surface area contributed by atoms with E-state index in [0.717, 1.165) is 10.5 Å². The van der Waals surface area contributed by atoms with E-state index in [-0.39, 0.29) is 6.42 Å². The largest absolute Gasteiger partial charge is 0.480 e. The van der Waals surface area contributed by atoms with E-state index in [9.17, 15) is 14.7 Å². The van der Waals surface area contributed by atoms with E-state index in [0.29, 0.717) is 0 Å². The smallest absolute Gasteiger partial charge is 0.410 e. The van der Waals surface area contributed by atoms with Gasteiger partial charge in [-0.05, 0) is 32.4 Å². The van der Waals surface area contributed by atoms with Crippen LogP contribution < -0.4 is 0 Å². The summed E-state index contributed by atoms with van der Waals surface area (Å²) in [5.74, 6) is -1.08. The van der Waals surface area contributed by atoms with E-state index in [1.54, 1.807) is 45.3 Å². The van der Waals surface area contributed by atoms with Gasteiger partial charge in [0, 0.05) is 25.9 Å². The van der Waals surface area contributed by atoms with Crippen molar-refractivity contribution in [2.45, 2.75) is 38.8 Å². The van der Waals surface area contributed by atoms with Crippen molar-refractivity contribution in [1.82, 2.24) is 9.88 Å². The monoisotopic (exact) mass is 280 g/mol. The average molecular weight is 280 g/mol. The van der Waals surface area contributed by atoms with Crippen LogP contribution in [0.5, 0.6) is 0 Å². The highest BCUT2D eigenvalue weighted by Gasteiger charge is 2.30. The van der Waals surface area contributed by atoms with Crippen molar-refractivity contribution in [2.75, 3.05) is 7.05 Å². The van der Waals surface area contributed by atoms with Crippen LogP contribution in [0.4, 0.5) is 4.79 Å². The summed E-state index contributed by atoms with van der Waals surface area (Å²) in [5.41, 5.74) is 0.0817. The number of hydrogen-bond acceptors (Lipinski definition) is 4. The van der Waals surface area contributed by atoms with Crippen molar-refractivity contribution in [1.29, 1.82) is 0 Å². The second kappa shape index (κ2) is 6.36. The summed E-state index contributed by atoms with van der Waals surface area (Å²) in [6.07, 6.45) is 2.71. The lowest BCUT2D eigenvalue weighted by Gasteiger charge is -2.28. The fourth-order valence-electron chi connectivity index (χ4n) is 1.59. The van der Waals surface area contributed by atoms with E-state index in [2.05, 4.69) is 4.98 Å². The molecule has 6 nitrogen and oxygen atoms in total. The molecular formula is C14H20N2O4. The van der Waals surface area contributed by atoms with Gasteiger partial charge in [0.25, 0.3) is 0 Å². The van der Waals surface area contributed by atoms with E-state index >= 15 is 0 Å². The third-order valence-corrected chi connectivity index (χ3v) is 2.59. The van der Waals surface area contributed by atoms with Crippen LogP contribution in [0.3, 0.4) is 0 Å². The number of carboxylic acids is 1. The Labute approximate surface area is 118 Å². The van der Waals surface area contributed by atoms with Crippen molar-refractivity contribution >= 4 is 12.1 Å². The number of likely N-dealkylation sites (N-methyl/N-ethyl adjacent to an activating group) is 1. The molecule has 0 saturated heterocycles. The first-order valence-corrected chi connectivity index (χ1v) is 6.28. The van der Waals surface area contributed by atoms with Gasteiger partial charge in [0.1, 0.15) is 11.6 Å². The van der Waals surface area contributed by atoms with E-state index in [4.69, 9.17) is 4.74 Å². The maximum absolute atomic E-state index is 11.9. The summed E-state index contributed by atoms with van der Waals surface area (Å²) < 4.78 is 5.18. The summed E-state index contributed by atoms with van der Waals surface area (Å²) in [5, 5.41) is 9.28. The molecule has 1 rings (SSSR count). The molecule has 6 heteroatoms. The summed E-state index contributed by atoms with van der Waals surface area (Å²) in [7, 11) is 1.42. The Morgan fingerprint density at radius 3 is 2.55 bits per heavy atom. The van der Waals surface area contributed by atoms with Gasteiger partial charge in [0.2, 0.25) is 0 Å². The SMILES string of the molecule is CN(C(=O)OC(C)(C)C)[C@@H](Cc1cccnc1)C(=O)O. The number of nitrogens with zero attached hydrogens (tertiary/aromatic N) is 2. The zero-order chi connectivity index (χ0) is 15.3. The number of rotatable bonds is 4. The van der Waals surface area contributed by atoms with Crippen molar-refractivity contribution < 1.29 is 19.4 Å². The van der Waals surface area contributed by atoms with Gasteiger partial charge < -0.3 is 9.84 Å². The Balaban J connectivity index is 2.81. The minimum Gasteiger partial charge on any atom is -0.480 e. The fourth-order valence-corrected chi connectivity index (χ4v) is 1.59. The standard InChI is InChI=1S/C14H20N2O4/c1-14(2,3)20-13(19)16(4)11(12(17)18)8-10-6-5-7-15-9-10/h5-7,9,11H,8H2,1-4H3,(H,17,18)/t11-/m0/s1. The molecule has 0 saturated carbocycles. The second-order valence-electron chi connectivity index (χ2n) is 5.51. The average Bonchev–Trinajstić information content (AvgIpc) is 2.34. The molecule has 1 heterocycles. The van der Waals surface area contributed by atoms with Gasteiger partial charge in [-0.2, -0.15) is 0 Å². The first-order valence-electron chi connectivity index (χ1n) is 6.28. The van der Waals surface area contributed by atoms with Crippen molar-refractivity contribution in [3.63, 3.8) is 0 Å². The number of ether oxygens (including phenoxy) is 1. The molecule has 110 valence electrons. The number of carboxylic acid groups (broad SMARTS) is 1. The second-order valence-corrected chi connectivity index (χ2v) is 5.51. The highest BCUT2D eigenvalue weighted by atomic mass is 16.6. The van der Waals surface area contributed by atoms with Gasteiger partial charge >= 0.3 is 12.1 Å². The molecular weight excluding hydrogens is 260 g/mol. The molecule has 20 heavy (non-hydrogen) atoms. The number of aromatic nitrogens is 1. The predicted molar refractivity (Wildman–Crippen MR) is 73.4 cm³/mol. The summed E-state index contributed by atoms with van der Waals surface area (Å²) in [6, 6.07) is 2.50. The molecule has 0 aromatic carbocycles. The van der Waals surface area contributed by atoms with E-state index in [1.165, 1.54) is 7.05 Å². The van der Waals surface area contributed by atoms with Crippen LogP contribution in [-0.2, 0) is 16.0 Å². The Kier molecular flexibility index (Phi) is 5.07. The molecule has 0 radical (unpaired) electrons. The van der Waals surface area contributed by atoms with Gasteiger partial charge in [-0.3, -0.25) is 9.88 Å². The Bertz CT molecular complexity index is 468. The lowest BCUT2D eigenvalue weighted by Crippen LogP contribution is -2.46. The van der Waals surface area contributed by atoms with Crippen LogP contribution in [0, 0.1) is 0 Å². The van der Waals surface area contributed by atoms with Crippen LogP contribution in [0.25, 0.3) is 0 Å². The number of carbonyl (C=O) groups excluding carboxylic acids is 1. The molecule has 1 N–H and O–H groups in total. The van der Waals surface area contributed by atoms with Gasteiger partial charge in [0.05, 0.1) is 0 Å². The minimum atomic E-state index is -1.08. The summed E-state index contributed by atoms with van der Waals surface area (Å²) in [6.45, 7) is 5.20. The predicted octanol–water partition coefficient (Wildman–Crippen LogP) is 1.94. The minimum absolute atomic E-state index is 0.179. The highest BCUT2D eigenvalue weighted by molar-refractivity contribution is 5.80. The van der Waals surface area contributed by atoms with Gasteiger partial charge in [0.15, 0.2) is 0 Å². The number of hydrogen-bond donors (Lipinski definition) is 1. The molecule has 1 atom stereocenters. The molecule has 1 amide bonds. The first kappa shape index (κ1) is 15.9. The molecule has 0 unspecified atom stereocenters. The van der Waals surface area contributed by atoms with Gasteiger partial charge in [-0.25, -0.2) is 9.59 Å².